The maximum Gasteiger partial charge on any atom is 0.417 e. The Morgan fingerprint density at radius 1 is 1.21 bits per heavy atom. The molecule has 1 aromatic carbocycles. The number of benzene rings is 1. The molecule has 8 nitrogen and oxygen atoms in total. The van der Waals surface area contributed by atoms with Crippen LogP contribution in [0.3, 0.4) is 0 Å². The van der Waals surface area contributed by atoms with Gasteiger partial charge in [0.25, 0.3) is 5.69 Å². The van der Waals surface area contributed by atoms with E-state index in [0.29, 0.717) is 12.3 Å². The predicted octanol–water partition coefficient (Wildman–Crippen LogP) is 5.35. The lowest BCUT2D eigenvalue weighted by atomic mass is 10.3. The summed E-state index contributed by atoms with van der Waals surface area (Å²) in [5.74, 6) is -0.485. The van der Waals surface area contributed by atoms with Crippen LogP contribution in [0, 0.1) is 10.1 Å². The number of hydrogen-bond donors (Lipinski definition) is 0. The average Bonchev–Trinajstić information content (AvgIpc) is 2.62. The van der Waals surface area contributed by atoms with Crippen molar-refractivity contribution in [2.75, 3.05) is 13.2 Å². The fraction of sp³-hybridized carbons (Fsp3) is 0.312. The van der Waals surface area contributed by atoms with Crippen LogP contribution in [0.2, 0.25) is 5.02 Å². The zero-order valence-electron chi connectivity index (χ0n) is 15.1. The quantitative estimate of drug-likeness (QED) is 0.301. The molecule has 1 aromatic heterocycles. The van der Waals surface area contributed by atoms with Crippen LogP contribution < -0.4 is 10.0 Å². The van der Waals surface area contributed by atoms with Gasteiger partial charge in [-0.05, 0) is 26.0 Å². The van der Waals surface area contributed by atoms with E-state index in [1.54, 1.807) is 0 Å². The lowest BCUT2D eigenvalue weighted by Crippen LogP contribution is -2.15. The molecule has 0 aliphatic heterocycles. The largest absolute Gasteiger partial charge is 0.438 e. The van der Waals surface area contributed by atoms with Crippen molar-refractivity contribution in [3.63, 3.8) is 0 Å². The van der Waals surface area contributed by atoms with E-state index < -0.39 is 35.0 Å². The molecule has 1 heterocycles. The van der Waals surface area contributed by atoms with Gasteiger partial charge in [0.05, 0.1) is 23.7 Å². The van der Waals surface area contributed by atoms with Crippen molar-refractivity contribution in [3.05, 3.63) is 51.2 Å². The summed E-state index contributed by atoms with van der Waals surface area (Å²) in [6, 6.07) is 3.83. The Kier molecular flexibility index (Phi) is 7.23. The Labute approximate surface area is 168 Å². The number of nitro benzene ring substituents is 1. The Morgan fingerprint density at radius 3 is 2.31 bits per heavy atom. The second kappa shape index (κ2) is 9.08. The number of aromatic nitrogens is 1. The van der Waals surface area contributed by atoms with Gasteiger partial charge in [0.2, 0.25) is 5.88 Å². The minimum atomic E-state index is -4.64. The van der Waals surface area contributed by atoms with Crippen LogP contribution >= 0.6 is 19.2 Å². The minimum absolute atomic E-state index is 0.0498. The Hall–Kier alpha value is -2.20. The first kappa shape index (κ1) is 23.1. The number of nitro groups is 1. The van der Waals surface area contributed by atoms with Gasteiger partial charge in [0, 0.05) is 18.3 Å². The lowest BCUT2D eigenvalue weighted by Gasteiger charge is -2.18. The molecule has 2 aromatic rings. The summed E-state index contributed by atoms with van der Waals surface area (Å²) >= 11 is 5.80. The summed E-state index contributed by atoms with van der Waals surface area (Å²) < 4.78 is 66.7. The normalized spacial score (nSPS) is 12.1. The van der Waals surface area contributed by atoms with E-state index in [9.17, 15) is 27.9 Å². The number of ether oxygens (including phenoxy) is 1. The molecular weight excluding hydrogens is 440 g/mol. The first-order valence-corrected chi connectivity index (χ1v) is 10.0. The molecule has 0 spiro atoms. The molecule has 0 bridgehead atoms. The summed E-state index contributed by atoms with van der Waals surface area (Å²) in [6.07, 6.45) is -4.11. The summed E-state index contributed by atoms with van der Waals surface area (Å²) in [4.78, 5) is 14.1. The lowest BCUT2D eigenvalue weighted by molar-refractivity contribution is -0.383. The van der Waals surface area contributed by atoms with Crippen molar-refractivity contribution in [1.82, 2.24) is 4.98 Å². The van der Waals surface area contributed by atoms with Crippen LogP contribution in [0.15, 0.2) is 30.5 Å². The Bertz CT molecular complexity index is 947. The van der Waals surface area contributed by atoms with Gasteiger partial charge in [0.1, 0.15) is 16.1 Å². The van der Waals surface area contributed by atoms with Gasteiger partial charge in [-0.15, -0.1) is 0 Å². The van der Waals surface area contributed by atoms with Crippen molar-refractivity contribution in [2.24, 2.45) is 0 Å². The second-order valence-corrected chi connectivity index (χ2v) is 7.75. The summed E-state index contributed by atoms with van der Waals surface area (Å²) in [7, 11) is -4.06. The summed E-state index contributed by atoms with van der Waals surface area (Å²) in [6.45, 7) is 2.96. The summed E-state index contributed by atoms with van der Waals surface area (Å²) in [5, 5.41) is 10.5. The molecule has 0 aliphatic carbocycles. The molecule has 0 saturated carbocycles. The third-order valence-corrected chi connectivity index (χ3v) is 5.80. The third-order valence-electron chi connectivity index (χ3n) is 3.39. The highest BCUT2D eigenvalue weighted by Gasteiger charge is 2.36. The number of nitrogens with zero attached hydrogens (tertiary/aromatic N) is 2. The van der Waals surface area contributed by atoms with Crippen LogP contribution in [0.4, 0.5) is 18.9 Å². The Morgan fingerprint density at radius 2 is 1.83 bits per heavy atom. The van der Waals surface area contributed by atoms with Crippen molar-refractivity contribution < 1.29 is 36.4 Å². The van der Waals surface area contributed by atoms with E-state index in [1.165, 1.54) is 13.8 Å². The standard InChI is InChI=1S/C16H15ClF3N2O6P/c1-3-26-29(25,27-4-2)14-8-11(5-6-13(14)22(23)24)28-15-12(17)7-10(9-21-15)16(18,19)20/h5-9H,3-4H2,1-2H3. The first-order valence-electron chi connectivity index (χ1n) is 8.10. The number of rotatable bonds is 8. The molecule has 0 amide bonds. The van der Waals surface area contributed by atoms with E-state index in [1.807, 2.05) is 0 Å². The van der Waals surface area contributed by atoms with Gasteiger partial charge >= 0.3 is 13.8 Å². The second-order valence-electron chi connectivity index (χ2n) is 5.35. The van der Waals surface area contributed by atoms with Gasteiger partial charge < -0.3 is 13.8 Å². The maximum atomic E-state index is 13.0. The van der Waals surface area contributed by atoms with Crippen LogP contribution in [-0.2, 0) is 19.8 Å². The predicted molar refractivity (Wildman–Crippen MR) is 97.9 cm³/mol. The molecule has 0 N–H and O–H groups in total. The van der Waals surface area contributed by atoms with E-state index in [2.05, 4.69) is 4.98 Å². The van der Waals surface area contributed by atoms with Crippen molar-refractivity contribution in [2.45, 2.75) is 20.0 Å². The monoisotopic (exact) mass is 454 g/mol. The number of pyridine rings is 1. The molecule has 13 heteroatoms. The molecule has 2 rings (SSSR count). The zero-order valence-corrected chi connectivity index (χ0v) is 16.8. The van der Waals surface area contributed by atoms with E-state index in [4.69, 9.17) is 25.4 Å². The minimum Gasteiger partial charge on any atom is -0.438 e. The van der Waals surface area contributed by atoms with Crippen molar-refractivity contribution >= 4 is 30.2 Å². The van der Waals surface area contributed by atoms with E-state index in [0.717, 1.165) is 18.2 Å². The van der Waals surface area contributed by atoms with Crippen LogP contribution in [0.25, 0.3) is 0 Å². The first-order chi connectivity index (χ1) is 13.5. The summed E-state index contributed by atoms with van der Waals surface area (Å²) in [5.41, 5.74) is -1.61. The van der Waals surface area contributed by atoms with E-state index >= 15 is 0 Å². The highest BCUT2D eigenvalue weighted by atomic mass is 35.5. The van der Waals surface area contributed by atoms with Crippen molar-refractivity contribution in [3.8, 4) is 11.6 Å². The SMILES string of the molecule is CCOP(=O)(OCC)c1cc(Oc2ncc(C(F)(F)F)cc2Cl)ccc1[N+](=O)[O-]. The Balaban J connectivity index is 2.48. The molecular formula is C16H15ClF3N2O6P. The highest BCUT2D eigenvalue weighted by Crippen LogP contribution is 2.50. The highest BCUT2D eigenvalue weighted by molar-refractivity contribution is 7.62. The smallest absolute Gasteiger partial charge is 0.417 e. The third kappa shape index (κ3) is 5.45. The van der Waals surface area contributed by atoms with Crippen LogP contribution in [0.1, 0.15) is 19.4 Å². The van der Waals surface area contributed by atoms with Gasteiger partial charge in [-0.1, -0.05) is 11.6 Å². The molecule has 0 fully saturated rings. The number of halogens is 4. The average molecular weight is 455 g/mol. The molecule has 0 radical (unpaired) electrons. The molecule has 0 atom stereocenters. The molecule has 29 heavy (non-hydrogen) atoms. The van der Waals surface area contributed by atoms with E-state index in [-0.39, 0.29) is 30.1 Å². The van der Waals surface area contributed by atoms with Crippen LogP contribution in [-0.4, -0.2) is 23.1 Å². The van der Waals surface area contributed by atoms with Gasteiger partial charge in [0.15, 0.2) is 0 Å². The van der Waals surface area contributed by atoms with Gasteiger partial charge in [-0.2, -0.15) is 13.2 Å². The fourth-order valence-electron chi connectivity index (χ4n) is 2.22. The number of hydrogen-bond acceptors (Lipinski definition) is 7. The number of alkyl halides is 3. The van der Waals surface area contributed by atoms with Gasteiger partial charge in [-0.3, -0.25) is 14.7 Å². The van der Waals surface area contributed by atoms with Crippen molar-refractivity contribution in [1.29, 1.82) is 0 Å². The fourth-order valence-corrected chi connectivity index (χ4v) is 4.18. The molecule has 0 aliphatic rings. The van der Waals surface area contributed by atoms with Crippen LogP contribution in [0.5, 0.6) is 11.6 Å². The zero-order chi connectivity index (χ0) is 21.8. The maximum absolute atomic E-state index is 13.0. The molecule has 158 valence electrons. The molecule has 0 saturated heterocycles. The topological polar surface area (TPSA) is 101 Å². The van der Waals surface area contributed by atoms with Gasteiger partial charge in [-0.25, -0.2) is 4.98 Å². The molecule has 0 unspecified atom stereocenters.